The van der Waals surface area contributed by atoms with Crippen molar-refractivity contribution in [3.8, 4) is 0 Å². The molecule has 0 radical (unpaired) electrons. The quantitative estimate of drug-likeness (QED) is 0.771. The Morgan fingerprint density at radius 2 is 1.77 bits per heavy atom. The predicted octanol–water partition coefficient (Wildman–Crippen LogP) is 3.87. The molecule has 1 unspecified atom stereocenters. The van der Waals surface area contributed by atoms with Gasteiger partial charge in [0.25, 0.3) is 0 Å². The molecule has 6 heteroatoms. The molecule has 1 N–H and O–H groups in total. The minimum absolute atomic E-state index is 0.151. The van der Waals surface area contributed by atoms with Gasteiger partial charge in [-0.15, -0.1) is 0 Å². The van der Waals surface area contributed by atoms with Crippen molar-refractivity contribution in [2.45, 2.75) is 75.6 Å². The van der Waals surface area contributed by atoms with E-state index in [1.807, 2.05) is 13.0 Å². The number of amides is 1. The Balaban J connectivity index is 1.29. The molecular weight excluding hydrogens is 396 g/mol. The topological polar surface area (TPSA) is 66.5 Å². The first-order valence-corrected chi connectivity index (χ1v) is 13.2. The Hall–Kier alpha value is -1.40. The Morgan fingerprint density at radius 1 is 1.10 bits per heavy atom. The van der Waals surface area contributed by atoms with Crippen molar-refractivity contribution in [1.29, 1.82) is 0 Å². The molecule has 0 spiro atoms. The number of carbonyl (C=O) groups excluding carboxylic acids is 1. The second-order valence-electron chi connectivity index (χ2n) is 10.5. The van der Waals surface area contributed by atoms with Gasteiger partial charge in [0, 0.05) is 24.5 Å². The molecule has 4 bridgehead atoms. The summed E-state index contributed by atoms with van der Waals surface area (Å²) in [6.07, 6.45) is 9.78. The van der Waals surface area contributed by atoms with Crippen molar-refractivity contribution < 1.29 is 13.2 Å². The zero-order valence-corrected chi connectivity index (χ0v) is 18.8. The van der Waals surface area contributed by atoms with E-state index in [2.05, 4.69) is 5.32 Å². The molecule has 4 aliphatic carbocycles. The number of nitrogens with zero attached hydrogens (tertiary/aromatic N) is 1. The second kappa shape index (κ2) is 7.63. The maximum Gasteiger partial charge on any atom is 0.243 e. The Labute approximate surface area is 180 Å². The van der Waals surface area contributed by atoms with Crippen LogP contribution >= 0.6 is 0 Å². The standard InChI is InChI=1S/C24H34N2O3S/c1-17-5-4-7-22(9-17)30(28,29)26-8-3-2-6-21(26)16-25-23(27)24-13-18-10-19(14-24)12-20(11-18)15-24/h4-5,7,9,18-21H,2-3,6,8,10-16H2,1H3,(H,25,27). The fraction of sp³-hybridized carbons (Fsp3) is 0.708. The maximum absolute atomic E-state index is 13.3. The van der Waals surface area contributed by atoms with E-state index in [9.17, 15) is 13.2 Å². The monoisotopic (exact) mass is 430 g/mol. The number of hydrogen-bond acceptors (Lipinski definition) is 3. The van der Waals surface area contributed by atoms with Gasteiger partial charge < -0.3 is 5.32 Å². The summed E-state index contributed by atoms with van der Waals surface area (Å²) in [5.41, 5.74) is 0.767. The summed E-state index contributed by atoms with van der Waals surface area (Å²) < 4.78 is 28.3. The van der Waals surface area contributed by atoms with Crippen LogP contribution in [0.15, 0.2) is 29.2 Å². The summed E-state index contributed by atoms with van der Waals surface area (Å²) in [6.45, 7) is 2.89. The lowest BCUT2D eigenvalue weighted by Gasteiger charge is -2.55. The minimum Gasteiger partial charge on any atom is -0.354 e. The summed E-state index contributed by atoms with van der Waals surface area (Å²) >= 11 is 0. The van der Waals surface area contributed by atoms with Crippen LogP contribution in [0.4, 0.5) is 0 Å². The van der Waals surface area contributed by atoms with E-state index in [0.717, 1.165) is 61.8 Å². The first kappa shape index (κ1) is 20.5. The van der Waals surface area contributed by atoms with E-state index >= 15 is 0 Å². The Bertz CT molecular complexity index is 891. The molecule has 4 saturated carbocycles. The summed E-state index contributed by atoms with van der Waals surface area (Å²) in [5.74, 6) is 2.39. The van der Waals surface area contributed by atoms with Crippen molar-refractivity contribution in [3.63, 3.8) is 0 Å². The molecule has 6 rings (SSSR count). The Kier molecular flexibility index (Phi) is 5.21. The van der Waals surface area contributed by atoms with Gasteiger partial charge in [-0.25, -0.2) is 8.42 Å². The molecule has 1 aromatic carbocycles. The van der Waals surface area contributed by atoms with E-state index in [0.29, 0.717) is 18.0 Å². The van der Waals surface area contributed by atoms with Crippen LogP contribution in [0.25, 0.3) is 0 Å². The Morgan fingerprint density at radius 3 is 2.40 bits per heavy atom. The van der Waals surface area contributed by atoms with Gasteiger partial charge in [0.2, 0.25) is 15.9 Å². The summed E-state index contributed by atoms with van der Waals surface area (Å²) in [5, 5.41) is 3.23. The SMILES string of the molecule is Cc1cccc(S(=O)(=O)N2CCCCC2CNC(=O)C23CC4CC(CC(C4)C2)C3)c1. The van der Waals surface area contributed by atoms with Crippen LogP contribution in [0, 0.1) is 30.1 Å². The van der Waals surface area contributed by atoms with Crippen LogP contribution in [-0.4, -0.2) is 37.8 Å². The third-order valence-corrected chi connectivity index (χ3v) is 10.1. The van der Waals surface area contributed by atoms with Crippen molar-refractivity contribution in [1.82, 2.24) is 9.62 Å². The number of sulfonamides is 1. The van der Waals surface area contributed by atoms with Gasteiger partial charge in [0.1, 0.15) is 0 Å². The lowest BCUT2D eigenvalue weighted by molar-refractivity contribution is -0.146. The van der Waals surface area contributed by atoms with E-state index < -0.39 is 10.0 Å². The summed E-state index contributed by atoms with van der Waals surface area (Å²) in [6, 6.07) is 6.99. The first-order chi connectivity index (χ1) is 14.4. The molecular formula is C24H34N2O3S. The van der Waals surface area contributed by atoms with E-state index in [1.165, 1.54) is 19.3 Å². The van der Waals surface area contributed by atoms with E-state index in [1.54, 1.807) is 22.5 Å². The number of benzene rings is 1. The third kappa shape index (κ3) is 3.60. The number of piperidine rings is 1. The molecule has 1 saturated heterocycles. The van der Waals surface area contributed by atoms with Gasteiger partial charge in [-0.1, -0.05) is 18.6 Å². The molecule has 1 amide bonds. The normalized spacial score (nSPS) is 36.0. The van der Waals surface area contributed by atoms with Gasteiger partial charge in [0.15, 0.2) is 0 Å². The lowest BCUT2D eigenvalue weighted by atomic mass is 9.49. The predicted molar refractivity (Wildman–Crippen MR) is 116 cm³/mol. The van der Waals surface area contributed by atoms with Gasteiger partial charge in [-0.05, 0) is 93.7 Å². The summed E-state index contributed by atoms with van der Waals surface area (Å²) in [4.78, 5) is 13.7. The molecule has 30 heavy (non-hydrogen) atoms. The molecule has 1 heterocycles. The van der Waals surface area contributed by atoms with E-state index in [4.69, 9.17) is 0 Å². The van der Waals surface area contributed by atoms with Crippen molar-refractivity contribution in [2.24, 2.45) is 23.2 Å². The minimum atomic E-state index is -3.54. The fourth-order valence-electron chi connectivity index (χ4n) is 7.19. The average Bonchev–Trinajstić information content (AvgIpc) is 2.71. The number of hydrogen-bond donors (Lipinski definition) is 1. The molecule has 5 aliphatic rings. The highest BCUT2D eigenvalue weighted by Crippen LogP contribution is 2.60. The van der Waals surface area contributed by atoms with Crippen molar-refractivity contribution >= 4 is 15.9 Å². The van der Waals surface area contributed by atoms with E-state index in [-0.39, 0.29) is 17.4 Å². The second-order valence-corrected chi connectivity index (χ2v) is 12.4. The zero-order valence-electron chi connectivity index (χ0n) is 18.0. The molecule has 1 aromatic rings. The zero-order chi connectivity index (χ0) is 20.9. The highest BCUT2D eigenvalue weighted by Gasteiger charge is 2.54. The molecule has 0 aromatic heterocycles. The smallest absolute Gasteiger partial charge is 0.243 e. The highest BCUT2D eigenvalue weighted by atomic mass is 32.2. The van der Waals surface area contributed by atoms with Crippen LogP contribution in [0.3, 0.4) is 0 Å². The first-order valence-electron chi connectivity index (χ1n) is 11.7. The molecule has 1 aliphatic heterocycles. The van der Waals surface area contributed by atoms with Crippen LogP contribution in [-0.2, 0) is 14.8 Å². The molecule has 164 valence electrons. The molecule has 5 fully saturated rings. The van der Waals surface area contributed by atoms with Gasteiger partial charge in [-0.2, -0.15) is 4.31 Å². The largest absolute Gasteiger partial charge is 0.354 e. The van der Waals surface area contributed by atoms with Crippen LogP contribution in [0.2, 0.25) is 0 Å². The number of aryl methyl sites for hydroxylation is 1. The summed E-state index contributed by atoms with van der Waals surface area (Å²) in [7, 11) is -3.54. The highest BCUT2D eigenvalue weighted by molar-refractivity contribution is 7.89. The number of nitrogens with one attached hydrogen (secondary N) is 1. The van der Waals surface area contributed by atoms with Gasteiger partial charge in [-0.3, -0.25) is 4.79 Å². The molecule has 1 atom stereocenters. The number of carbonyl (C=O) groups is 1. The third-order valence-electron chi connectivity index (χ3n) is 8.19. The van der Waals surface area contributed by atoms with Crippen LogP contribution in [0.1, 0.15) is 63.4 Å². The van der Waals surface area contributed by atoms with Gasteiger partial charge in [0.05, 0.1) is 4.90 Å². The lowest BCUT2D eigenvalue weighted by Crippen LogP contribution is -2.56. The van der Waals surface area contributed by atoms with Crippen molar-refractivity contribution in [2.75, 3.05) is 13.1 Å². The maximum atomic E-state index is 13.3. The van der Waals surface area contributed by atoms with Crippen LogP contribution in [0.5, 0.6) is 0 Å². The fourth-order valence-corrected chi connectivity index (χ4v) is 8.99. The van der Waals surface area contributed by atoms with Crippen LogP contribution < -0.4 is 5.32 Å². The molecule has 5 nitrogen and oxygen atoms in total. The van der Waals surface area contributed by atoms with Crippen molar-refractivity contribution in [3.05, 3.63) is 29.8 Å². The van der Waals surface area contributed by atoms with Gasteiger partial charge >= 0.3 is 0 Å². The number of rotatable bonds is 5. The average molecular weight is 431 g/mol.